The van der Waals surface area contributed by atoms with Crippen LogP contribution in [-0.4, -0.2) is 53.4 Å². The van der Waals surface area contributed by atoms with Gasteiger partial charge in [-0.15, -0.1) is 0 Å². The SMILES string of the molecule is CN1CCOC(Cn2ccc3cc(C(=O)O)ccc32)C1. The summed E-state index contributed by atoms with van der Waals surface area (Å²) in [4.78, 5) is 13.2. The van der Waals surface area contributed by atoms with Gasteiger partial charge in [-0.1, -0.05) is 0 Å². The number of ether oxygens (including phenoxy) is 1. The molecule has 2 aromatic rings. The topological polar surface area (TPSA) is 54.7 Å². The summed E-state index contributed by atoms with van der Waals surface area (Å²) >= 11 is 0. The number of carboxylic acid groups (broad SMARTS) is 1. The van der Waals surface area contributed by atoms with Gasteiger partial charge in [-0.2, -0.15) is 0 Å². The number of rotatable bonds is 3. The maximum absolute atomic E-state index is 11.0. The van der Waals surface area contributed by atoms with Crippen LogP contribution in [0.25, 0.3) is 10.9 Å². The number of hydrogen-bond donors (Lipinski definition) is 1. The van der Waals surface area contributed by atoms with Crippen LogP contribution in [0.1, 0.15) is 10.4 Å². The van der Waals surface area contributed by atoms with Gasteiger partial charge >= 0.3 is 5.97 Å². The van der Waals surface area contributed by atoms with Crippen molar-refractivity contribution < 1.29 is 14.6 Å². The lowest BCUT2D eigenvalue weighted by atomic mass is 10.1. The lowest BCUT2D eigenvalue weighted by Crippen LogP contribution is -2.41. The Bertz CT molecular complexity index is 635. The lowest BCUT2D eigenvalue weighted by molar-refractivity contribution is -0.0269. The minimum absolute atomic E-state index is 0.184. The molecule has 106 valence electrons. The summed E-state index contributed by atoms with van der Waals surface area (Å²) in [6.07, 6.45) is 2.18. The number of benzene rings is 1. The van der Waals surface area contributed by atoms with E-state index in [1.165, 1.54) is 0 Å². The van der Waals surface area contributed by atoms with Crippen molar-refractivity contribution in [2.24, 2.45) is 0 Å². The molecule has 1 fully saturated rings. The first kappa shape index (κ1) is 13.1. The first-order chi connectivity index (χ1) is 9.63. The van der Waals surface area contributed by atoms with Crippen LogP contribution in [-0.2, 0) is 11.3 Å². The number of likely N-dealkylation sites (N-methyl/N-ethyl adjacent to an activating group) is 1. The Labute approximate surface area is 117 Å². The Kier molecular flexibility index (Phi) is 3.46. The first-order valence-corrected chi connectivity index (χ1v) is 6.76. The van der Waals surface area contributed by atoms with Crippen LogP contribution in [0.2, 0.25) is 0 Å². The molecule has 0 saturated carbocycles. The van der Waals surface area contributed by atoms with Crippen molar-refractivity contribution >= 4 is 16.9 Å². The van der Waals surface area contributed by atoms with E-state index in [4.69, 9.17) is 9.84 Å². The largest absolute Gasteiger partial charge is 0.478 e. The zero-order valence-electron chi connectivity index (χ0n) is 11.5. The average molecular weight is 274 g/mol. The molecule has 1 aliphatic rings. The van der Waals surface area contributed by atoms with Gasteiger partial charge in [-0.05, 0) is 31.3 Å². The van der Waals surface area contributed by atoms with Gasteiger partial charge in [0.05, 0.1) is 24.8 Å². The van der Waals surface area contributed by atoms with Crippen LogP contribution >= 0.6 is 0 Å². The van der Waals surface area contributed by atoms with E-state index in [0.717, 1.165) is 37.1 Å². The summed E-state index contributed by atoms with van der Waals surface area (Å²) in [7, 11) is 2.10. The highest BCUT2D eigenvalue weighted by atomic mass is 16.5. The van der Waals surface area contributed by atoms with E-state index in [9.17, 15) is 4.79 Å². The van der Waals surface area contributed by atoms with Gasteiger partial charge in [0.2, 0.25) is 0 Å². The number of nitrogens with zero attached hydrogens (tertiary/aromatic N) is 2. The molecule has 0 radical (unpaired) electrons. The fourth-order valence-corrected chi connectivity index (χ4v) is 2.69. The van der Waals surface area contributed by atoms with Gasteiger partial charge in [0.25, 0.3) is 0 Å². The molecule has 0 bridgehead atoms. The standard InChI is InChI=1S/C15H18N2O3/c1-16-6-7-20-13(9-16)10-17-5-4-11-8-12(15(18)19)2-3-14(11)17/h2-5,8,13H,6-7,9-10H2,1H3,(H,18,19). The van der Waals surface area contributed by atoms with Crippen LogP contribution in [0.4, 0.5) is 0 Å². The highest BCUT2D eigenvalue weighted by molar-refractivity contribution is 5.93. The number of morpholine rings is 1. The zero-order valence-corrected chi connectivity index (χ0v) is 11.5. The van der Waals surface area contributed by atoms with Crippen molar-refractivity contribution in [2.45, 2.75) is 12.6 Å². The summed E-state index contributed by atoms with van der Waals surface area (Å²) in [5.74, 6) is -0.892. The smallest absolute Gasteiger partial charge is 0.335 e. The third-order valence-corrected chi connectivity index (χ3v) is 3.76. The van der Waals surface area contributed by atoms with E-state index in [0.29, 0.717) is 5.56 Å². The number of aromatic nitrogens is 1. The zero-order chi connectivity index (χ0) is 14.1. The molecule has 1 atom stereocenters. The van der Waals surface area contributed by atoms with Gasteiger partial charge in [0.1, 0.15) is 0 Å². The highest BCUT2D eigenvalue weighted by Gasteiger charge is 2.18. The number of fused-ring (bicyclic) bond motifs is 1. The van der Waals surface area contributed by atoms with E-state index in [2.05, 4.69) is 16.5 Å². The molecule has 1 saturated heterocycles. The molecule has 1 aromatic carbocycles. The van der Waals surface area contributed by atoms with Crippen LogP contribution in [0.3, 0.4) is 0 Å². The van der Waals surface area contributed by atoms with E-state index < -0.39 is 5.97 Å². The maximum atomic E-state index is 11.0. The normalized spacial score (nSPS) is 20.4. The minimum atomic E-state index is -0.892. The second-order valence-corrected chi connectivity index (χ2v) is 5.30. The number of aromatic carboxylic acids is 1. The molecule has 1 aromatic heterocycles. The fraction of sp³-hybridized carbons (Fsp3) is 0.400. The van der Waals surface area contributed by atoms with Crippen molar-refractivity contribution in [3.05, 3.63) is 36.0 Å². The quantitative estimate of drug-likeness (QED) is 0.925. The Morgan fingerprint density at radius 1 is 1.45 bits per heavy atom. The van der Waals surface area contributed by atoms with E-state index in [1.54, 1.807) is 12.1 Å². The summed E-state index contributed by atoms with van der Waals surface area (Å²) in [5, 5.41) is 9.96. The van der Waals surface area contributed by atoms with E-state index in [1.807, 2.05) is 18.3 Å². The number of carbonyl (C=O) groups is 1. The maximum Gasteiger partial charge on any atom is 0.335 e. The molecule has 0 spiro atoms. The first-order valence-electron chi connectivity index (χ1n) is 6.76. The van der Waals surface area contributed by atoms with Gasteiger partial charge in [-0.25, -0.2) is 4.79 Å². The summed E-state index contributed by atoms with van der Waals surface area (Å²) < 4.78 is 7.91. The Morgan fingerprint density at radius 3 is 3.05 bits per heavy atom. The second-order valence-electron chi connectivity index (χ2n) is 5.30. The third kappa shape index (κ3) is 2.55. The average Bonchev–Trinajstić information content (AvgIpc) is 2.81. The predicted molar refractivity (Wildman–Crippen MR) is 76.1 cm³/mol. The van der Waals surface area contributed by atoms with E-state index in [-0.39, 0.29) is 6.10 Å². The van der Waals surface area contributed by atoms with Gasteiger partial charge in [0, 0.05) is 30.2 Å². The summed E-state index contributed by atoms with van der Waals surface area (Å²) in [5.41, 5.74) is 1.37. The predicted octanol–water partition coefficient (Wildman–Crippen LogP) is 1.67. The monoisotopic (exact) mass is 274 g/mol. The minimum Gasteiger partial charge on any atom is -0.478 e. The van der Waals surface area contributed by atoms with Gasteiger partial charge < -0.3 is 19.3 Å². The van der Waals surface area contributed by atoms with E-state index >= 15 is 0 Å². The second kappa shape index (κ2) is 5.26. The van der Waals surface area contributed by atoms with Crippen molar-refractivity contribution in [1.82, 2.24) is 9.47 Å². The molecule has 5 heteroatoms. The molecule has 3 rings (SSSR count). The Morgan fingerprint density at radius 2 is 2.30 bits per heavy atom. The molecule has 1 aliphatic heterocycles. The van der Waals surface area contributed by atoms with Crippen molar-refractivity contribution in [2.75, 3.05) is 26.7 Å². The molecule has 5 nitrogen and oxygen atoms in total. The molecule has 0 amide bonds. The Balaban J connectivity index is 1.83. The van der Waals surface area contributed by atoms with Crippen LogP contribution < -0.4 is 0 Å². The van der Waals surface area contributed by atoms with Crippen molar-refractivity contribution in [1.29, 1.82) is 0 Å². The number of hydrogen-bond acceptors (Lipinski definition) is 3. The van der Waals surface area contributed by atoms with Gasteiger partial charge in [0.15, 0.2) is 0 Å². The summed E-state index contributed by atoms with van der Waals surface area (Å²) in [6.45, 7) is 3.46. The highest BCUT2D eigenvalue weighted by Crippen LogP contribution is 2.19. The van der Waals surface area contributed by atoms with Crippen LogP contribution in [0.5, 0.6) is 0 Å². The molecule has 1 unspecified atom stereocenters. The van der Waals surface area contributed by atoms with Crippen LogP contribution in [0, 0.1) is 0 Å². The molecule has 0 aliphatic carbocycles. The van der Waals surface area contributed by atoms with Crippen LogP contribution in [0.15, 0.2) is 30.5 Å². The number of carboxylic acids is 1. The summed E-state index contributed by atoms with van der Waals surface area (Å²) in [6, 6.07) is 7.18. The molecule has 1 N–H and O–H groups in total. The lowest BCUT2D eigenvalue weighted by Gasteiger charge is -2.30. The molecular formula is C15H18N2O3. The fourth-order valence-electron chi connectivity index (χ4n) is 2.69. The van der Waals surface area contributed by atoms with Gasteiger partial charge in [-0.3, -0.25) is 0 Å². The third-order valence-electron chi connectivity index (χ3n) is 3.76. The molecular weight excluding hydrogens is 256 g/mol. The van der Waals surface area contributed by atoms with Crippen molar-refractivity contribution in [3.8, 4) is 0 Å². The van der Waals surface area contributed by atoms with Crippen molar-refractivity contribution in [3.63, 3.8) is 0 Å². The molecule has 20 heavy (non-hydrogen) atoms. The molecule has 2 heterocycles. The Hall–Kier alpha value is -1.85.